The molecule has 0 aromatic carbocycles. The summed E-state index contributed by atoms with van der Waals surface area (Å²) in [5, 5.41) is 0. The Balaban J connectivity index is 2.50. The Morgan fingerprint density at radius 3 is 1.94 bits per heavy atom. The van der Waals surface area contributed by atoms with Crippen LogP contribution in [0.2, 0.25) is 0 Å². The predicted molar refractivity (Wildman–Crippen MR) is 70.4 cm³/mol. The van der Waals surface area contributed by atoms with Crippen LogP contribution in [0.4, 0.5) is 0 Å². The lowest BCUT2D eigenvalue weighted by atomic mass is 10.5. The van der Waals surface area contributed by atoms with Crippen LogP contribution in [0.3, 0.4) is 0 Å². The largest absolute Gasteiger partial charge is 0.534 e. The third-order valence-electron chi connectivity index (χ3n) is 2.60. The van der Waals surface area contributed by atoms with Gasteiger partial charge in [0, 0.05) is 26.4 Å². The molecule has 0 amide bonds. The molecule has 18 heavy (non-hydrogen) atoms. The van der Waals surface area contributed by atoms with Gasteiger partial charge in [0.25, 0.3) is 0 Å². The Kier molecular flexibility index (Phi) is 7.36. The maximum absolute atomic E-state index is 5.78. The van der Waals surface area contributed by atoms with E-state index in [2.05, 4.69) is 6.92 Å². The van der Waals surface area contributed by atoms with Crippen LogP contribution in [0.25, 0.3) is 0 Å². The van der Waals surface area contributed by atoms with Gasteiger partial charge in [0.1, 0.15) is 6.10 Å². The van der Waals surface area contributed by atoms with Crippen molar-refractivity contribution in [2.75, 3.05) is 33.0 Å². The van der Waals surface area contributed by atoms with E-state index in [4.69, 9.17) is 22.8 Å². The van der Waals surface area contributed by atoms with Crippen molar-refractivity contribution in [1.82, 2.24) is 0 Å². The zero-order chi connectivity index (χ0) is 13.4. The minimum absolute atomic E-state index is 0.0609. The van der Waals surface area contributed by atoms with Gasteiger partial charge in [0.05, 0.1) is 6.61 Å². The molecule has 5 nitrogen and oxygen atoms in total. The van der Waals surface area contributed by atoms with Crippen LogP contribution in [-0.2, 0) is 22.8 Å². The summed E-state index contributed by atoms with van der Waals surface area (Å²) in [5.41, 5.74) is -0.0609. The SMILES string of the molecule is CCCOCC1OC1[Si](OCC)(OCC)OCC. The highest BCUT2D eigenvalue weighted by atomic mass is 28.4. The topological polar surface area (TPSA) is 49.5 Å². The Hall–Kier alpha value is 0.0169. The van der Waals surface area contributed by atoms with Gasteiger partial charge >= 0.3 is 8.80 Å². The summed E-state index contributed by atoms with van der Waals surface area (Å²) in [5.74, 6) is 0. The number of ether oxygens (including phenoxy) is 2. The van der Waals surface area contributed by atoms with E-state index in [-0.39, 0.29) is 11.8 Å². The molecular formula is C12H26O5Si. The molecule has 0 bridgehead atoms. The number of hydrogen-bond acceptors (Lipinski definition) is 5. The maximum Gasteiger partial charge on any atom is 0.534 e. The molecule has 0 aromatic heterocycles. The number of rotatable bonds is 11. The predicted octanol–water partition coefficient (Wildman–Crippen LogP) is 1.77. The van der Waals surface area contributed by atoms with E-state index in [9.17, 15) is 0 Å². The Morgan fingerprint density at radius 2 is 1.50 bits per heavy atom. The average molecular weight is 278 g/mol. The summed E-state index contributed by atoms with van der Waals surface area (Å²) >= 11 is 0. The van der Waals surface area contributed by atoms with E-state index in [1.165, 1.54) is 0 Å². The van der Waals surface area contributed by atoms with Crippen molar-refractivity contribution in [2.45, 2.75) is 45.9 Å². The Labute approximate surface area is 111 Å². The number of hydrogen-bond donors (Lipinski definition) is 0. The molecule has 6 heteroatoms. The lowest BCUT2D eigenvalue weighted by Crippen LogP contribution is -2.53. The molecule has 1 fully saturated rings. The second-order valence-corrected chi connectivity index (χ2v) is 6.71. The van der Waals surface area contributed by atoms with Gasteiger partial charge in [0.15, 0.2) is 5.73 Å². The number of epoxide rings is 1. The van der Waals surface area contributed by atoms with Gasteiger partial charge in [-0.15, -0.1) is 0 Å². The van der Waals surface area contributed by atoms with Crippen molar-refractivity contribution in [3.05, 3.63) is 0 Å². The minimum atomic E-state index is -2.69. The Bertz CT molecular complexity index is 209. The summed E-state index contributed by atoms with van der Waals surface area (Å²) < 4.78 is 28.5. The molecular weight excluding hydrogens is 252 g/mol. The van der Waals surface area contributed by atoms with Crippen molar-refractivity contribution in [2.24, 2.45) is 0 Å². The van der Waals surface area contributed by atoms with Crippen LogP contribution >= 0.6 is 0 Å². The first-order valence-corrected chi connectivity index (χ1v) is 8.69. The van der Waals surface area contributed by atoms with Crippen LogP contribution in [0.1, 0.15) is 34.1 Å². The van der Waals surface area contributed by atoms with E-state index < -0.39 is 8.80 Å². The van der Waals surface area contributed by atoms with Crippen molar-refractivity contribution in [3.8, 4) is 0 Å². The van der Waals surface area contributed by atoms with E-state index in [0.29, 0.717) is 26.4 Å². The molecule has 0 aliphatic carbocycles. The molecule has 0 aromatic rings. The molecule has 1 aliphatic rings. The van der Waals surface area contributed by atoms with Gasteiger partial charge in [-0.1, -0.05) is 6.92 Å². The fraction of sp³-hybridized carbons (Fsp3) is 1.00. The van der Waals surface area contributed by atoms with Gasteiger partial charge in [0.2, 0.25) is 0 Å². The second kappa shape index (κ2) is 8.24. The summed E-state index contributed by atoms with van der Waals surface area (Å²) in [6.45, 7) is 11.0. The van der Waals surface area contributed by atoms with Gasteiger partial charge in [-0.3, -0.25) is 0 Å². The quantitative estimate of drug-likeness (QED) is 0.327. The first-order chi connectivity index (χ1) is 8.74. The summed E-state index contributed by atoms with van der Waals surface area (Å²) in [6, 6.07) is 0. The van der Waals surface area contributed by atoms with Crippen LogP contribution in [0, 0.1) is 0 Å². The molecule has 1 aliphatic heterocycles. The molecule has 2 atom stereocenters. The van der Waals surface area contributed by atoms with E-state index in [0.717, 1.165) is 13.0 Å². The van der Waals surface area contributed by atoms with E-state index in [1.54, 1.807) is 0 Å². The fourth-order valence-electron chi connectivity index (χ4n) is 1.90. The highest BCUT2D eigenvalue weighted by Gasteiger charge is 2.63. The van der Waals surface area contributed by atoms with Crippen LogP contribution in [-0.4, -0.2) is 53.7 Å². The van der Waals surface area contributed by atoms with Crippen molar-refractivity contribution in [1.29, 1.82) is 0 Å². The zero-order valence-corrected chi connectivity index (χ0v) is 12.9. The van der Waals surface area contributed by atoms with Crippen molar-refractivity contribution in [3.63, 3.8) is 0 Å². The smallest absolute Gasteiger partial charge is 0.379 e. The lowest BCUT2D eigenvalue weighted by Gasteiger charge is -2.26. The zero-order valence-electron chi connectivity index (χ0n) is 11.9. The monoisotopic (exact) mass is 278 g/mol. The van der Waals surface area contributed by atoms with Crippen LogP contribution in [0.15, 0.2) is 0 Å². The van der Waals surface area contributed by atoms with E-state index in [1.807, 2.05) is 20.8 Å². The van der Waals surface area contributed by atoms with Gasteiger partial charge in [-0.05, 0) is 27.2 Å². The lowest BCUT2D eigenvalue weighted by molar-refractivity contribution is 0.0609. The molecule has 108 valence electrons. The van der Waals surface area contributed by atoms with Crippen LogP contribution in [0.5, 0.6) is 0 Å². The first kappa shape index (κ1) is 16.1. The molecule has 1 saturated heterocycles. The summed E-state index contributed by atoms with van der Waals surface area (Å²) in [4.78, 5) is 0. The highest BCUT2D eigenvalue weighted by molar-refractivity contribution is 6.63. The molecule has 2 unspecified atom stereocenters. The normalized spacial score (nSPS) is 23.3. The second-order valence-electron chi connectivity index (χ2n) is 4.07. The highest BCUT2D eigenvalue weighted by Crippen LogP contribution is 2.34. The molecule has 0 saturated carbocycles. The van der Waals surface area contributed by atoms with Gasteiger partial charge in [-0.2, -0.15) is 0 Å². The standard InChI is InChI=1S/C12H26O5Si/c1-5-9-13-10-11-12(17-11)18(14-6-2,15-7-3)16-8-4/h11-12H,5-10H2,1-4H3. The third-order valence-corrected chi connectivity index (χ3v) is 5.88. The van der Waals surface area contributed by atoms with Gasteiger partial charge < -0.3 is 22.8 Å². The van der Waals surface area contributed by atoms with Crippen LogP contribution < -0.4 is 0 Å². The Morgan fingerprint density at radius 1 is 0.944 bits per heavy atom. The minimum Gasteiger partial charge on any atom is -0.379 e. The molecule has 0 spiro atoms. The molecule has 1 heterocycles. The van der Waals surface area contributed by atoms with E-state index >= 15 is 0 Å². The van der Waals surface area contributed by atoms with Gasteiger partial charge in [-0.25, -0.2) is 0 Å². The third kappa shape index (κ3) is 4.29. The van der Waals surface area contributed by atoms with Crippen molar-refractivity contribution < 1.29 is 22.8 Å². The fourth-order valence-corrected chi connectivity index (χ4v) is 4.74. The summed E-state index contributed by atoms with van der Waals surface area (Å²) in [6.07, 6.45) is 1.08. The maximum atomic E-state index is 5.78. The van der Waals surface area contributed by atoms with Crippen molar-refractivity contribution >= 4 is 8.80 Å². The first-order valence-electron chi connectivity index (χ1n) is 6.89. The molecule has 0 N–H and O–H groups in total. The molecule has 1 rings (SSSR count). The summed E-state index contributed by atoms with van der Waals surface area (Å²) in [7, 11) is -2.69. The average Bonchev–Trinajstić information content (AvgIpc) is 3.10. The molecule has 0 radical (unpaired) electrons.